The van der Waals surface area contributed by atoms with E-state index < -0.39 is 6.10 Å². The van der Waals surface area contributed by atoms with Gasteiger partial charge in [0.1, 0.15) is 18.5 Å². The van der Waals surface area contributed by atoms with Gasteiger partial charge in [-0.1, -0.05) is 29.8 Å². The lowest BCUT2D eigenvalue weighted by atomic mass is 10.2. The summed E-state index contributed by atoms with van der Waals surface area (Å²) in [5.41, 5.74) is 0.583. The molecule has 0 saturated heterocycles. The number of ether oxygens (including phenoxy) is 1. The van der Waals surface area contributed by atoms with Crippen LogP contribution in [0.4, 0.5) is 0 Å². The van der Waals surface area contributed by atoms with Crippen LogP contribution in [0.2, 0.25) is 5.02 Å². The Bertz CT molecular complexity index is 476. The highest BCUT2D eigenvalue weighted by molar-refractivity contribution is 6.32. The summed E-state index contributed by atoms with van der Waals surface area (Å²) in [5.74, 6) is 0.559. The zero-order valence-electron chi connectivity index (χ0n) is 9.08. The van der Waals surface area contributed by atoms with E-state index >= 15 is 0 Å². The lowest BCUT2D eigenvalue weighted by molar-refractivity contribution is 0.105. The Morgan fingerprint density at radius 3 is 2.65 bits per heavy atom. The van der Waals surface area contributed by atoms with Gasteiger partial charge in [-0.2, -0.15) is 0 Å². The quantitative estimate of drug-likeness (QED) is 0.906. The molecule has 0 saturated carbocycles. The molecule has 1 atom stereocenters. The lowest BCUT2D eigenvalue weighted by Crippen LogP contribution is -2.11. The summed E-state index contributed by atoms with van der Waals surface area (Å²) in [4.78, 5) is 4.05. The van der Waals surface area contributed by atoms with Gasteiger partial charge in [0, 0.05) is 6.20 Å². The second-order valence-electron chi connectivity index (χ2n) is 3.51. The smallest absolute Gasteiger partial charge is 0.138 e. The Balaban J connectivity index is 1.97. The predicted octanol–water partition coefficient (Wildman–Crippen LogP) is 2.85. The molecule has 1 aromatic carbocycles. The lowest BCUT2D eigenvalue weighted by Gasteiger charge is -2.12. The molecule has 0 fully saturated rings. The van der Waals surface area contributed by atoms with Crippen LogP contribution in [-0.2, 0) is 0 Å². The van der Waals surface area contributed by atoms with Crippen molar-refractivity contribution in [3.05, 3.63) is 59.4 Å². The second kappa shape index (κ2) is 5.66. The number of hydrogen-bond acceptors (Lipinski definition) is 3. The number of para-hydroxylation sites is 1. The van der Waals surface area contributed by atoms with Crippen LogP contribution in [0.1, 0.15) is 11.8 Å². The third-order valence-corrected chi connectivity index (χ3v) is 2.57. The fraction of sp³-hybridized carbons (Fsp3) is 0.154. The molecule has 0 radical (unpaired) electrons. The summed E-state index contributed by atoms with van der Waals surface area (Å²) in [6, 6.07) is 12.5. The molecule has 0 bridgehead atoms. The van der Waals surface area contributed by atoms with Crippen LogP contribution in [0.25, 0.3) is 0 Å². The van der Waals surface area contributed by atoms with Gasteiger partial charge in [0.15, 0.2) is 0 Å². The standard InChI is InChI=1S/C13H12ClNO2/c14-10-5-1-2-7-13(10)17-9-12(16)11-6-3-4-8-15-11/h1-8,12,16H,9H2. The van der Waals surface area contributed by atoms with Gasteiger partial charge in [0.05, 0.1) is 10.7 Å². The molecular weight excluding hydrogens is 238 g/mol. The molecule has 1 unspecified atom stereocenters. The fourth-order valence-electron chi connectivity index (χ4n) is 1.39. The summed E-state index contributed by atoms with van der Waals surface area (Å²) < 4.78 is 5.43. The molecule has 0 aliphatic rings. The zero-order chi connectivity index (χ0) is 12.1. The molecule has 0 aliphatic carbocycles. The molecule has 88 valence electrons. The summed E-state index contributed by atoms with van der Waals surface area (Å²) in [6.45, 7) is 0.126. The van der Waals surface area contributed by atoms with Gasteiger partial charge in [0.2, 0.25) is 0 Å². The van der Waals surface area contributed by atoms with Crippen molar-refractivity contribution in [2.24, 2.45) is 0 Å². The Labute approximate surface area is 105 Å². The van der Waals surface area contributed by atoms with Gasteiger partial charge in [-0.05, 0) is 24.3 Å². The molecule has 17 heavy (non-hydrogen) atoms. The van der Waals surface area contributed by atoms with Crippen LogP contribution < -0.4 is 4.74 Å². The maximum absolute atomic E-state index is 9.84. The zero-order valence-corrected chi connectivity index (χ0v) is 9.84. The summed E-state index contributed by atoms with van der Waals surface area (Å²) in [5, 5.41) is 10.4. The van der Waals surface area contributed by atoms with Gasteiger partial charge in [0.25, 0.3) is 0 Å². The maximum Gasteiger partial charge on any atom is 0.138 e. The molecule has 3 nitrogen and oxygen atoms in total. The van der Waals surface area contributed by atoms with Crippen LogP contribution in [0, 0.1) is 0 Å². The first-order valence-electron chi connectivity index (χ1n) is 5.23. The highest BCUT2D eigenvalue weighted by atomic mass is 35.5. The molecule has 0 amide bonds. The summed E-state index contributed by atoms with van der Waals surface area (Å²) >= 11 is 5.93. The number of hydrogen-bond donors (Lipinski definition) is 1. The van der Waals surface area contributed by atoms with E-state index in [1.165, 1.54) is 0 Å². The van der Waals surface area contributed by atoms with E-state index in [1.54, 1.807) is 30.5 Å². The average Bonchev–Trinajstić information content (AvgIpc) is 2.38. The number of aliphatic hydroxyl groups is 1. The molecular formula is C13H12ClNO2. The Hall–Kier alpha value is -1.58. The summed E-state index contributed by atoms with van der Waals surface area (Å²) in [7, 11) is 0. The van der Waals surface area contributed by atoms with Gasteiger partial charge < -0.3 is 9.84 Å². The molecule has 4 heteroatoms. The summed E-state index contributed by atoms with van der Waals surface area (Å²) in [6.07, 6.45) is 0.876. The number of benzene rings is 1. The fourth-order valence-corrected chi connectivity index (χ4v) is 1.58. The molecule has 2 aromatic rings. The number of aromatic nitrogens is 1. The molecule has 1 N–H and O–H groups in total. The Kier molecular flexibility index (Phi) is 3.96. The van der Waals surface area contributed by atoms with Crippen molar-refractivity contribution in [2.45, 2.75) is 6.10 Å². The van der Waals surface area contributed by atoms with Crippen molar-refractivity contribution < 1.29 is 9.84 Å². The number of aliphatic hydroxyl groups excluding tert-OH is 1. The maximum atomic E-state index is 9.84. The minimum Gasteiger partial charge on any atom is -0.489 e. The number of halogens is 1. The average molecular weight is 250 g/mol. The van der Waals surface area contributed by atoms with E-state index in [4.69, 9.17) is 16.3 Å². The third-order valence-electron chi connectivity index (χ3n) is 2.26. The van der Waals surface area contributed by atoms with Crippen LogP contribution in [0.5, 0.6) is 5.75 Å². The van der Waals surface area contributed by atoms with Crippen molar-refractivity contribution in [2.75, 3.05) is 6.61 Å². The van der Waals surface area contributed by atoms with Crippen LogP contribution in [0.15, 0.2) is 48.7 Å². The first-order chi connectivity index (χ1) is 8.27. The second-order valence-corrected chi connectivity index (χ2v) is 3.92. The number of rotatable bonds is 4. The van der Waals surface area contributed by atoms with Crippen molar-refractivity contribution in [1.82, 2.24) is 4.98 Å². The highest BCUT2D eigenvalue weighted by Gasteiger charge is 2.10. The minimum atomic E-state index is -0.757. The Morgan fingerprint density at radius 1 is 1.18 bits per heavy atom. The first kappa shape index (κ1) is 11.9. The molecule has 0 aliphatic heterocycles. The molecule has 2 rings (SSSR count). The van der Waals surface area contributed by atoms with E-state index in [0.717, 1.165) is 0 Å². The van der Waals surface area contributed by atoms with Crippen molar-refractivity contribution in [3.8, 4) is 5.75 Å². The normalized spacial score (nSPS) is 12.1. The SMILES string of the molecule is OC(COc1ccccc1Cl)c1ccccn1. The van der Waals surface area contributed by atoms with Gasteiger partial charge in [-0.3, -0.25) is 4.98 Å². The van der Waals surface area contributed by atoms with E-state index in [-0.39, 0.29) is 6.61 Å². The van der Waals surface area contributed by atoms with Crippen molar-refractivity contribution in [1.29, 1.82) is 0 Å². The number of pyridine rings is 1. The van der Waals surface area contributed by atoms with Gasteiger partial charge >= 0.3 is 0 Å². The minimum absolute atomic E-state index is 0.126. The number of nitrogens with zero attached hydrogens (tertiary/aromatic N) is 1. The van der Waals surface area contributed by atoms with Gasteiger partial charge in [-0.25, -0.2) is 0 Å². The van der Waals surface area contributed by atoms with E-state index in [0.29, 0.717) is 16.5 Å². The predicted molar refractivity (Wildman–Crippen MR) is 66.1 cm³/mol. The van der Waals surface area contributed by atoms with Gasteiger partial charge in [-0.15, -0.1) is 0 Å². The van der Waals surface area contributed by atoms with Crippen LogP contribution >= 0.6 is 11.6 Å². The van der Waals surface area contributed by atoms with Crippen molar-refractivity contribution in [3.63, 3.8) is 0 Å². The molecule has 1 heterocycles. The van der Waals surface area contributed by atoms with Crippen LogP contribution in [0.3, 0.4) is 0 Å². The van der Waals surface area contributed by atoms with Crippen LogP contribution in [-0.4, -0.2) is 16.7 Å². The first-order valence-corrected chi connectivity index (χ1v) is 5.61. The topological polar surface area (TPSA) is 42.4 Å². The third kappa shape index (κ3) is 3.19. The molecule has 0 spiro atoms. The monoisotopic (exact) mass is 249 g/mol. The van der Waals surface area contributed by atoms with E-state index in [2.05, 4.69) is 4.98 Å². The highest BCUT2D eigenvalue weighted by Crippen LogP contribution is 2.24. The molecule has 1 aromatic heterocycles. The van der Waals surface area contributed by atoms with E-state index in [1.807, 2.05) is 18.2 Å². The van der Waals surface area contributed by atoms with E-state index in [9.17, 15) is 5.11 Å². The van der Waals surface area contributed by atoms with Crippen molar-refractivity contribution >= 4 is 11.6 Å². The Morgan fingerprint density at radius 2 is 1.94 bits per heavy atom. The largest absolute Gasteiger partial charge is 0.489 e.